The summed E-state index contributed by atoms with van der Waals surface area (Å²) in [6, 6.07) is 58.1. The zero-order valence-electron chi connectivity index (χ0n) is 28.9. The Kier molecular flexibility index (Phi) is 6.59. The Hall–Kier alpha value is -6.76. The normalized spacial score (nSPS) is 12.9. The number of para-hydroxylation sites is 3. The van der Waals surface area contributed by atoms with Crippen molar-refractivity contribution in [2.75, 3.05) is 0 Å². The van der Waals surface area contributed by atoms with E-state index in [-0.39, 0.29) is 5.41 Å². The SMILES string of the molecule is [C-]#[N+]c1ccccc1-c1cc(-c2cc(-c3ccccc3)c3ccccc3n2)cc(-n2c3ccccc3c3c4c(ccc32)C(C)(C)c2ccccc2-4)c1. The lowest BCUT2D eigenvalue weighted by atomic mass is 9.82. The van der Waals surface area contributed by atoms with Gasteiger partial charge in [0.15, 0.2) is 5.69 Å². The number of nitrogens with zero attached hydrogens (tertiary/aromatic N) is 3. The highest BCUT2D eigenvalue weighted by Gasteiger charge is 2.37. The van der Waals surface area contributed by atoms with E-state index in [1.807, 2.05) is 18.2 Å². The van der Waals surface area contributed by atoms with Gasteiger partial charge in [0.2, 0.25) is 0 Å². The van der Waals surface area contributed by atoms with Gasteiger partial charge < -0.3 is 4.57 Å². The Bertz CT molecular complexity index is 2940. The highest BCUT2D eigenvalue weighted by atomic mass is 15.0. The van der Waals surface area contributed by atoms with Crippen molar-refractivity contribution in [3.8, 4) is 50.3 Å². The molecule has 1 aliphatic rings. The fraction of sp³-hybridized carbons (Fsp3) is 0.0612. The number of benzene rings is 7. The Balaban J connectivity index is 1.30. The van der Waals surface area contributed by atoms with Crippen LogP contribution in [0.1, 0.15) is 25.0 Å². The molecule has 2 heterocycles. The molecule has 0 saturated heterocycles. The van der Waals surface area contributed by atoms with Crippen LogP contribution in [0, 0.1) is 6.57 Å². The van der Waals surface area contributed by atoms with Gasteiger partial charge in [-0.1, -0.05) is 135 Å². The predicted molar refractivity (Wildman–Crippen MR) is 216 cm³/mol. The fourth-order valence-corrected chi connectivity index (χ4v) is 8.57. The molecule has 52 heavy (non-hydrogen) atoms. The fourth-order valence-electron chi connectivity index (χ4n) is 8.57. The Morgan fingerprint density at radius 3 is 2.08 bits per heavy atom. The second-order valence-electron chi connectivity index (χ2n) is 14.2. The van der Waals surface area contributed by atoms with Gasteiger partial charge in [-0.25, -0.2) is 9.83 Å². The molecular weight excluding hydrogens is 631 g/mol. The second kappa shape index (κ2) is 11.4. The summed E-state index contributed by atoms with van der Waals surface area (Å²) in [6.45, 7) is 12.7. The van der Waals surface area contributed by atoms with Crippen LogP contribution in [0.3, 0.4) is 0 Å². The van der Waals surface area contributed by atoms with Crippen molar-refractivity contribution in [1.29, 1.82) is 0 Å². The quantitative estimate of drug-likeness (QED) is 0.172. The average Bonchev–Trinajstić information content (AvgIpc) is 3.66. The smallest absolute Gasteiger partial charge is 0.194 e. The van der Waals surface area contributed by atoms with Crippen LogP contribution in [0.4, 0.5) is 5.69 Å². The minimum atomic E-state index is -0.0991. The van der Waals surface area contributed by atoms with Crippen molar-refractivity contribution in [1.82, 2.24) is 9.55 Å². The molecule has 0 atom stereocenters. The van der Waals surface area contributed by atoms with Gasteiger partial charge in [-0.3, -0.25) is 0 Å². The van der Waals surface area contributed by atoms with E-state index < -0.39 is 0 Å². The first-order chi connectivity index (χ1) is 25.5. The Morgan fingerprint density at radius 1 is 0.538 bits per heavy atom. The minimum absolute atomic E-state index is 0.0991. The molecule has 244 valence electrons. The molecule has 7 aromatic carbocycles. The molecule has 0 N–H and O–H groups in total. The number of fused-ring (bicyclic) bond motifs is 8. The van der Waals surface area contributed by atoms with E-state index in [4.69, 9.17) is 11.6 Å². The zero-order chi connectivity index (χ0) is 35.0. The van der Waals surface area contributed by atoms with E-state index in [1.165, 1.54) is 33.0 Å². The summed E-state index contributed by atoms with van der Waals surface area (Å²) in [4.78, 5) is 9.21. The van der Waals surface area contributed by atoms with Crippen LogP contribution in [0.5, 0.6) is 0 Å². The van der Waals surface area contributed by atoms with Gasteiger partial charge in [0.1, 0.15) is 0 Å². The van der Waals surface area contributed by atoms with E-state index in [0.717, 1.165) is 61.1 Å². The van der Waals surface area contributed by atoms with Gasteiger partial charge >= 0.3 is 0 Å². The molecule has 0 amide bonds. The second-order valence-corrected chi connectivity index (χ2v) is 14.2. The van der Waals surface area contributed by atoms with Gasteiger partial charge in [0.25, 0.3) is 0 Å². The summed E-state index contributed by atoms with van der Waals surface area (Å²) in [5.74, 6) is 0. The summed E-state index contributed by atoms with van der Waals surface area (Å²) in [5, 5.41) is 3.62. The van der Waals surface area contributed by atoms with Gasteiger partial charge in [-0.05, 0) is 87.0 Å². The summed E-state index contributed by atoms with van der Waals surface area (Å²) in [7, 11) is 0. The number of aromatic nitrogens is 2. The maximum atomic E-state index is 8.04. The van der Waals surface area contributed by atoms with E-state index in [9.17, 15) is 0 Å². The summed E-state index contributed by atoms with van der Waals surface area (Å²) in [5.41, 5.74) is 16.2. The molecular formula is C49H33N3. The average molecular weight is 664 g/mol. The molecule has 1 aliphatic carbocycles. The van der Waals surface area contributed by atoms with Crippen LogP contribution in [-0.4, -0.2) is 9.55 Å². The molecule has 2 aromatic heterocycles. The van der Waals surface area contributed by atoms with E-state index in [1.54, 1.807) is 0 Å². The van der Waals surface area contributed by atoms with Crippen molar-refractivity contribution in [3.63, 3.8) is 0 Å². The lowest BCUT2D eigenvalue weighted by molar-refractivity contribution is 0.661. The van der Waals surface area contributed by atoms with E-state index in [2.05, 4.69) is 169 Å². The number of hydrogen-bond acceptors (Lipinski definition) is 1. The Morgan fingerprint density at radius 2 is 1.23 bits per heavy atom. The lowest BCUT2D eigenvalue weighted by Crippen LogP contribution is -2.14. The van der Waals surface area contributed by atoms with Crippen molar-refractivity contribution < 1.29 is 0 Å². The largest absolute Gasteiger partial charge is 0.309 e. The zero-order valence-corrected chi connectivity index (χ0v) is 28.9. The predicted octanol–water partition coefficient (Wildman–Crippen LogP) is 13.2. The lowest BCUT2D eigenvalue weighted by Gasteiger charge is -2.21. The maximum Gasteiger partial charge on any atom is 0.194 e. The van der Waals surface area contributed by atoms with E-state index in [0.29, 0.717) is 5.69 Å². The van der Waals surface area contributed by atoms with Crippen molar-refractivity contribution in [2.45, 2.75) is 19.3 Å². The van der Waals surface area contributed by atoms with Gasteiger partial charge in [-0.2, -0.15) is 0 Å². The molecule has 3 heteroatoms. The topological polar surface area (TPSA) is 22.2 Å². The molecule has 9 aromatic rings. The van der Waals surface area contributed by atoms with Gasteiger partial charge in [0.05, 0.1) is 28.8 Å². The van der Waals surface area contributed by atoms with Crippen LogP contribution in [0.2, 0.25) is 0 Å². The third kappa shape index (κ3) is 4.41. The van der Waals surface area contributed by atoms with Gasteiger partial charge in [-0.15, -0.1) is 0 Å². The first kappa shape index (κ1) is 30.1. The molecule has 0 radical (unpaired) electrons. The summed E-state index contributed by atoms with van der Waals surface area (Å²) in [6.07, 6.45) is 0. The minimum Gasteiger partial charge on any atom is -0.309 e. The first-order valence-corrected chi connectivity index (χ1v) is 17.8. The van der Waals surface area contributed by atoms with Crippen LogP contribution >= 0.6 is 0 Å². The standard InChI is InChI=1S/C49H33N3/c1-49(2)40-21-11-7-19-37(40)47-41(49)25-26-46-48(47)38-20-10-14-24-45(38)52(46)34-28-32(35-17-8-12-22-42(35)50-3)27-33(29-34)44-30-39(31-15-5-4-6-16-31)36-18-9-13-23-43(36)51-44/h4-30H,1-2H3. The number of pyridine rings is 1. The number of rotatable bonds is 4. The highest BCUT2D eigenvalue weighted by Crippen LogP contribution is 2.53. The molecule has 0 saturated carbocycles. The van der Waals surface area contributed by atoms with Crippen LogP contribution < -0.4 is 0 Å². The molecule has 0 spiro atoms. The van der Waals surface area contributed by atoms with Crippen molar-refractivity contribution in [2.24, 2.45) is 0 Å². The van der Waals surface area contributed by atoms with Crippen LogP contribution in [0.25, 0.3) is 87.9 Å². The summed E-state index contributed by atoms with van der Waals surface area (Å²) < 4.78 is 2.41. The molecule has 0 fully saturated rings. The molecule has 3 nitrogen and oxygen atoms in total. The first-order valence-electron chi connectivity index (χ1n) is 17.8. The third-order valence-corrected chi connectivity index (χ3v) is 11.0. The van der Waals surface area contributed by atoms with Gasteiger partial charge in [0, 0.05) is 32.8 Å². The maximum absolute atomic E-state index is 8.04. The van der Waals surface area contributed by atoms with Crippen molar-refractivity contribution in [3.05, 3.63) is 186 Å². The molecule has 10 rings (SSSR count). The monoisotopic (exact) mass is 663 g/mol. The highest BCUT2D eigenvalue weighted by molar-refractivity contribution is 6.18. The van der Waals surface area contributed by atoms with E-state index >= 15 is 0 Å². The molecule has 0 unspecified atom stereocenters. The third-order valence-electron chi connectivity index (χ3n) is 11.0. The van der Waals surface area contributed by atoms with Crippen molar-refractivity contribution >= 4 is 38.4 Å². The molecule has 0 aliphatic heterocycles. The van der Waals surface area contributed by atoms with Crippen LogP contribution in [0.15, 0.2) is 164 Å². The molecule has 0 bridgehead atoms. The van der Waals surface area contributed by atoms with Crippen LogP contribution in [-0.2, 0) is 5.41 Å². The summed E-state index contributed by atoms with van der Waals surface area (Å²) >= 11 is 0. The number of hydrogen-bond donors (Lipinski definition) is 0. The Labute approximate surface area is 302 Å².